The van der Waals surface area contributed by atoms with E-state index in [0.29, 0.717) is 18.1 Å². The number of rotatable bonds is 5. The molecule has 1 saturated carbocycles. The van der Waals surface area contributed by atoms with Crippen molar-refractivity contribution in [2.24, 2.45) is 0 Å². The first-order valence-electron chi connectivity index (χ1n) is 10.6. The van der Waals surface area contributed by atoms with Gasteiger partial charge in [-0.2, -0.15) is 4.31 Å². The molecule has 5 nitrogen and oxygen atoms in total. The normalized spacial score (nSPS) is 23.0. The third-order valence-electron chi connectivity index (χ3n) is 6.66. The summed E-state index contributed by atoms with van der Waals surface area (Å²) >= 11 is 0. The summed E-state index contributed by atoms with van der Waals surface area (Å²) in [5, 5.41) is 0. The van der Waals surface area contributed by atoms with Crippen molar-refractivity contribution in [3.05, 3.63) is 35.4 Å². The predicted molar refractivity (Wildman–Crippen MR) is 112 cm³/mol. The van der Waals surface area contributed by atoms with Gasteiger partial charge in [-0.1, -0.05) is 30.2 Å². The van der Waals surface area contributed by atoms with Crippen molar-refractivity contribution >= 4 is 16.1 Å². The third kappa shape index (κ3) is 4.35. The number of hydrogen-bond acceptors (Lipinski definition) is 4. The van der Waals surface area contributed by atoms with Crippen LogP contribution in [0.3, 0.4) is 0 Å². The van der Waals surface area contributed by atoms with Gasteiger partial charge in [-0.15, -0.1) is 0 Å². The Bertz CT molecular complexity index is 784. The molecule has 2 heterocycles. The average Bonchev–Trinajstić information content (AvgIpc) is 2.68. The maximum Gasteiger partial charge on any atom is 0.243 e. The van der Waals surface area contributed by atoms with Crippen molar-refractivity contribution in [2.75, 3.05) is 33.4 Å². The van der Waals surface area contributed by atoms with Gasteiger partial charge in [0, 0.05) is 45.4 Å². The number of likely N-dealkylation sites (tertiary alicyclic amines) is 1. The molecule has 0 spiro atoms. The molecular weight excluding hydrogens is 372 g/mol. The van der Waals surface area contributed by atoms with Crippen LogP contribution >= 0.6 is 0 Å². The maximum absolute atomic E-state index is 12.9. The highest BCUT2D eigenvalue weighted by Gasteiger charge is 2.29. The van der Waals surface area contributed by atoms with Crippen LogP contribution in [0.25, 0.3) is 6.08 Å². The Morgan fingerprint density at radius 2 is 1.68 bits per heavy atom. The molecule has 6 heteroatoms. The Labute approximate surface area is 169 Å². The van der Waals surface area contributed by atoms with E-state index in [2.05, 4.69) is 11.0 Å². The smallest absolute Gasteiger partial charge is 0.243 e. The Morgan fingerprint density at radius 3 is 2.25 bits per heavy atom. The van der Waals surface area contributed by atoms with Gasteiger partial charge < -0.3 is 4.74 Å². The Balaban J connectivity index is 1.39. The summed E-state index contributed by atoms with van der Waals surface area (Å²) in [6, 6.07) is 8.24. The largest absolute Gasteiger partial charge is 0.381 e. The van der Waals surface area contributed by atoms with Crippen molar-refractivity contribution in [1.29, 1.82) is 0 Å². The Hall–Kier alpha value is -1.21. The molecular formula is C22H32N2O3S. The van der Waals surface area contributed by atoms with Gasteiger partial charge in [-0.3, -0.25) is 4.90 Å². The highest BCUT2D eigenvalue weighted by Crippen LogP contribution is 2.29. The van der Waals surface area contributed by atoms with E-state index in [4.69, 9.17) is 4.74 Å². The SMILES string of the molecule is CN(C1CCOCC1)S(=O)(=O)c1ccc(C=C2CCN(C3CCC3)CC2)cc1. The molecule has 0 amide bonds. The van der Waals surface area contributed by atoms with Gasteiger partial charge >= 0.3 is 0 Å². The van der Waals surface area contributed by atoms with Gasteiger partial charge in [0.2, 0.25) is 10.0 Å². The molecule has 3 aliphatic rings. The maximum atomic E-state index is 12.9. The van der Waals surface area contributed by atoms with Crippen molar-refractivity contribution < 1.29 is 13.2 Å². The van der Waals surface area contributed by atoms with Crippen molar-refractivity contribution in [2.45, 2.75) is 61.9 Å². The number of piperidine rings is 1. The quantitative estimate of drug-likeness (QED) is 0.753. The summed E-state index contributed by atoms with van der Waals surface area (Å²) in [6.45, 7) is 3.60. The molecule has 0 atom stereocenters. The van der Waals surface area contributed by atoms with Crippen LogP contribution in [0.5, 0.6) is 0 Å². The molecule has 0 aromatic heterocycles. The van der Waals surface area contributed by atoms with Gasteiger partial charge in [0.25, 0.3) is 0 Å². The molecule has 0 bridgehead atoms. The summed E-state index contributed by atoms with van der Waals surface area (Å²) in [6.07, 6.45) is 10.2. The fourth-order valence-electron chi connectivity index (χ4n) is 4.46. The van der Waals surface area contributed by atoms with Crippen LogP contribution in [0.4, 0.5) is 0 Å². The van der Waals surface area contributed by atoms with Gasteiger partial charge in [0.05, 0.1) is 4.90 Å². The zero-order valence-electron chi connectivity index (χ0n) is 16.8. The number of benzene rings is 1. The zero-order valence-corrected chi connectivity index (χ0v) is 17.7. The lowest BCUT2D eigenvalue weighted by Crippen LogP contribution is -2.43. The monoisotopic (exact) mass is 404 g/mol. The van der Waals surface area contributed by atoms with Crippen LogP contribution in [-0.4, -0.2) is 63.1 Å². The minimum absolute atomic E-state index is 0.0291. The molecule has 1 aliphatic carbocycles. The summed E-state index contributed by atoms with van der Waals surface area (Å²) in [5.74, 6) is 0. The number of ether oxygens (including phenoxy) is 1. The van der Waals surface area contributed by atoms with Gasteiger partial charge in [0.15, 0.2) is 0 Å². The number of hydrogen-bond donors (Lipinski definition) is 0. The second kappa shape index (κ2) is 8.66. The first-order chi connectivity index (χ1) is 13.5. The molecule has 0 unspecified atom stereocenters. The zero-order chi connectivity index (χ0) is 19.6. The summed E-state index contributed by atoms with van der Waals surface area (Å²) < 4.78 is 32.7. The lowest BCUT2D eigenvalue weighted by atomic mass is 9.89. The third-order valence-corrected chi connectivity index (χ3v) is 8.59. The second-order valence-electron chi connectivity index (χ2n) is 8.36. The van der Waals surface area contributed by atoms with Crippen LogP contribution < -0.4 is 0 Å². The lowest BCUT2D eigenvalue weighted by molar-refractivity contribution is 0.0632. The first kappa shape index (κ1) is 20.1. The second-order valence-corrected chi connectivity index (χ2v) is 10.4. The van der Waals surface area contributed by atoms with E-state index in [0.717, 1.165) is 37.3 Å². The van der Waals surface area contributed by atoms with E-state index in [1.54, 1.807) is 19.2 Å². The molecule has 154 valence electrons. The Morgan fingerprint density at radius 1 is 1.04 bits per heavy atom. The van der Waals surface area contributed by atoms with Crippen LogP contribution in [-0.2, 0) is 14.8 Å². The molecule has 0 radical (unpaired) electrons. The highest BCUT2D eigenvalue weighted by atomic mass is 32.2. The Kier molecular flexibility index (Phi) is 6.21. The highest BCUT2D eigenvalue weighted by molar-refractivity contribution is 7.89. The summed E-state index contributed by atoms with van der Waals surface area (Å²) in [4.78, 5) is 3.02. The van der Waals surface area contributed by atoms with Gasteiger partial charge in [-0.25, -0.2) is 8.42 Å². The van der Waals surface area contributed by atoms with Gasteiger partial charge in [-0.05, 0) is 56.2 Å². The van der Waals surface area contributed by atoms with Crippen LogP contribution in [0.1, 0.15) is 50.5 Å². The molecule has 1 aromatic rings. The van der Waals surface area contributed by atoms with E-state index in [1.165, 1.54) is 42.2 Å². The van der Waals surface area contributed by atoms with Crippen LogP contribution in [0.15, 0.2) is 34.7 Å². The van der Waals surface area contributed by atoms with E-state index in [1.807, 2.05) is 12.1 Å². The van der Waals surface area contributed by atoms with Crippen molar-refractivity contribution in [3.8, 4) is 0 Å². The summed E-state index contributed by atoms with van der Waals surface area (Å²) in [5.41, 5.74) is 2.57. The summed E-state index contributed by atoms with van der Waals surface area (Å²) in [7, 11) is -1.76. The molecule has 28 heavy (non-hydrogen) atoms. The molecule has 2 saturated heterocycles. The van der Waals surface area contributed by atoms with E-state index >= 15 is 0 Å². The lowest BCUT2D eigenvalue weighted by Gasteiger charge is -2.40. The van der Waals surface area contributed by atoms with Gasteiger partial charge in [0.1, 0.15) is 0 Å². The standard InChI is InChI=1S/C22H32N2O3S/c1-23(20-11-15-27-16-12-20)28(25,26)22-7-5-18(6-8-22)17-19-9-13-24(14-10-19)21-3-2-4-21/h5-8,17,20-21H,2-4,9-16H2,1H3. The van der Waals surface area contributed by atoms with E-state index < -0.39 is 10.0 Å². The molecule has 1 aromatic carbocycles. The minimum atomic E-state index is -3.45. The molecule has 3 fully saturated rings. The van der Waals surface area contributed by atoms with Crippen LogP contribution in [0.2, 0.25) is 0 Å². The van der Waals surface area contributed by atoms with Crippen LogP contribution in [0, 0.1) is 0 Å². The first-order valence-corrected chi connectivity index (χ1v) is 12.1. The topological polar surface area (TPSA) is 49.9 Å². The van der Waals surface area contributed by atoms with E-state index in [-0.39, 0.29) is 6.04 Å². The predicted octanol–water partition coefficient (Wildman–Crippen LogP) is 3.52. The van der Waals surface area contributed by atoms with Crippen molar-refractivity contribution in [3.63, 3.8) is 0 Å². The number of nitrogens with zero attached hydrogens (tertiary/aromatic N) is 2. The fourth-order valence-corrected chi connectivity index (χ4v) is 5.87. The van der Waals surface area contributed by atoms with E-state index in [9.17, 15) is 8.42 Å². The van der Waals surface area contributed by atoms with Crippen molar-refractivity contribution in [1.82, 2.24) is 9.21 Å². The average molecular weight is 405 g/mol. The fraction of sp³-hybridized carbons (Fsp3) is 0.636. The molecule has 0 N–H and O–H groups in total. The number of sulfonamides is 1. The molecule has 2 aliphatic heterocycles. The minimum Gasteiger partial charge on any atom is -0.381 e. The molecule has 4 rings (SSSR count).